The maximum absolute atomic E-state index is 12.3. The van der Waals surface area contributed by atoms with Gasteiger partial charge in [0.2, 0.25) is 27.6 Å². The lowest BCUT2D eigenvalue weighted by atomic mass is 10.2. The minimum Gasteiger partial charge on any atom is -0.339 e. The van der Waals surface area contributed by atoms with Crippen LogP contribution in [-0.4, -0.2) is 30.5 Å². The van der Waals surface area contributed by atoms with E-state index in [1.807, 2.05) is 30.3 Å². The molecular formula is C20H20N4O4S. The number of hydrogen-bond donors (Lipinski definition) is 2. The van der Waals surface area contributed by atoms with Gasteiger partial charge in [0.25, 0.3) is 0 Å². The van der Waals surface area contributed by atoms with Gasteiger partial charge in [0.1, 0.15) is 0 Å². The summed E-state index contributed by atoms with van der Waals surface area (Å²) in [6.07, 6.45) is 2.13. The molecule has 0 saturated heterocycles. The lowest BCUT2D eigenvalue weighted by Crippen LogP contribution is -2.25. The molecule has 1 aromatic heterocycles. The number of aryl methyl sites for hydroxylation is 1. The number of nitrogens with one attached hydrogen (secondary N) is 2. The van der Waals surface area contributed by atoms with Crippen molar-refractivity contribution in [1.29, 1.82) is 0 Å². The summed E-state index contributed by atoms with van der Waals surface area (Å²) in [5.41, 5.74) is 1.26. The van der Waals surface area contributed by atoms with Gasteiger partial charge in [-0.2, -0.15) is 4.98 Å². The molecule has 8 nitrogen and oxygen atoms in total. The molecule has 3 aromatic rings. The summed E-state index contributed by atoms with van der Waals surface area (Å²) in [5.74, 6) is 0.570. The van der Waals surface area contributed by atoms with Crippen LogP contribution in [0.2, 0.25) is 0 Å². The van der Waals surface area contributed by atoms with Crippen molar-refractivity contribution < 1.29 is 17.7 Å². The minimum absolute atomic E-state index is 0.0217. The van der Waals surface area contributed by atoms with Gasteiger partial charge in [-0.25, -0.2) is 13.1 Å². The largest absolute Gasteiger partial charge is 0.339 e. The highest BCUT2D eigenvalue weighted by Crippen LogP contribution is 2.23. The van der Waals surface area contributed by atoms with E-state index >= 15 is 0 Å². The zero-order valence-electron chi connectivity index (χ0n) is 15.5. The molecule has 1 aliphatic rings. The molecule has 2 aromatic carbocycles. The number of rotatable bonds is 8. The second-order valence-corrected chi connectivity index (χ2v) is 8.56. The first kappa shape index (κ1) is 19.3. The first-order valence-electron chi connectivity index (χ1n) is 9.30. The van der Waals surface area contributed by atoms with E-state index in [4.69, 9.17) is 4.52 Å². The van der Waals surface area contributed by atoms with E-state index in [1.165, 1.54) is 12.1 Å². The zero-order valence-corrected chi connectivity index (χ0v) is 16.4. The third-order valence-electron chi connectivity index (χ3n) is 4.39. The molecule has 0 aliphatic heterocycles. The van der Waals surface area contributed by atoms with E-state index in [9.17, 15) is 13.2 Å². The predicted octanol–water partition coefficient (Wildman–Crippen LogP) is 2.75. The van der Waals surface area contributed by atoms with E-state index in [0.717, 1.165) is 18.4 Å². The van der Waals surface area contributed by atoms with Gasteiger partial charge in [-0.05, 0) is 31.0 Å². The Morgan fingerprint density at radius 2 is 1.90 bits per heavy atom. The van der Waals surface area contributed by atoms with Crippen LogP contribution < -0.4 is 10.0 Å². The maximum atomic E-state index is 12.3. The Morgan fingerprint density at radius 3 is 2.66 bits per heavy atom. The molecule has 1 heterocycles. The Bertz CT molecular complexity index is 1110. The summed E-state index contributed by atoms with van der Waals surface area (Å²) < 4.78 is 32.4. The van der Waals surface area contributed by atoms with Crippen LogP contribution in [0.3, 0.4) is 0 Å². The van der Waals surface area contributed by atoms with E-state index in [0.29, 0.717) is 17.4 Å². The number of anilines is 1. The van der Waals surface area contributed by atoms with Gasteiger partial charge >= 0.3 is 0 Å². The highest BCUT2D eigenvalue weighted by Gasteiger charge is 2.28. The van der Waals surface area contributed by atoms with E-state index in [-0.39, 0.29) is 29.7 Å². The molecule has 2 N–H and O–H groups in total. The summed E-state index contributed by atoms with van der Waals surface area (Å²) in [6, 6.07) is 15.6. The summed E-state index contributed by atoms with van der Waals surface area (Å²) >= 11 is 0. The predicted molar refractivity (Wildman–Crippen MR) is 106 cm³/mol. The third kappa shape index (κ3) is 5.07. The molecule has 1 fully saturated rings. The van der Waals surface area contributed by atoms with Crippen LogP contribution in [0.5, 0.6) is 0 Å². The number of nitrogens with zero attached hydrogens (tertiary/aromatic N) is 2. The quantitative estimate of drug-likeness (QED) is 0.588. The average Bonchev–Trinajstić information content (AvgIpc) is 3.39. The van der Waals surface area contributed by atoms with E-state index in [1.54, 1.807) is 12.1 Å². The van der Waals surface area contributed by atoms with Crippen molar-refractivity contribution in [2.75, 3.05) is 5.32 Å². The lowest BCUT2D eigenvalue weighted by Gasteiger charge is -2.08. The Balaban J connectivity index is 1.34. The van der Waals surface area contributed by atoms with Crippen LogP contribution in [0.25, 0.3) is 11.4 Å². The fourth-order valence-electron chi connectivity index (χ4n) is 2.73. The van der Waals surface area contributed by atoms with Gasteiger partial charge < -0.3 is 9.84 Å². The van der Waals surface area contributed by atoms with Gasteiger partial charge in [0, 0.05) is 30.1 Å². The molecule has 4 rings (SSSR count). The van der Waals surface area contributed by atoms with Gasteiger partial charge in [-0.15, -0.1) is 0 Å². The molecule has 0 unspecified atom stereocenters. The maximum Gasteiger partial charge on any atom is 0.240 e. The highest BCUT2D eigenvalue weighted by atomic mass is 32.2. The van der Waals surface area contributed by atoms with Crippen LogP contribution in [0.1, 0.15) is 25.2 Å². The Kier molecular flexibility index (Phi) is 5.41. The number of carbonyl (C=O) groups excluding carboxylic acids is 1. The van der Waals surface area contributed by atoms with Crippen molar-refractivity contribution in [3.63, 3.8) is 0 Å². The summed E-state index contributed by atoms with van der Waals surface area (Å²) in [5, 5.41) is 6.64. The Hall–Kier alpha value is -3.04. The van der Waals surface area contributed by atoms with Crippen molar-refractivity contribution in [3.8, 4) is 11.4 Å². The highest BCUT2D eigenvalue weighted by molar-refractivity contribution is 7.89. The van der Waals surface area contributed by atoms with Crippen LogP contribution in [0.4, 0.5) is 5.69 Å². The average molecular weight is 412 g/mol. The SMILES string of the molecule is O=C(CCc1nc(-c2ccccc2)no1)Nc1cccc(S(=O)(=O)NC2CC2)c1. The molecule has 1 amide bonds. The minimum atomic E-state index is -3.57. The molecule has 0 atom stereocenters. The van der Waals surface area contributed by atoms with Gasteiger partial charge in [-0.1, -0.05) is 41.6 Å². The summed E-state index contributed by atoms with van der Waals surface area (Å²) in [4.78, 5) is 16.7. The number of carbonyl (C=O) groups is 1. The lowest BCUT2D eigenvalue weighted by molar-refractivity contribution is -0.116. The molecule has 9 heteroatoms. The zero-order chi connectivity index (χ0) is 20.3. The monoisotopic (exact) mass is 412 g/mol. The Morgan fingerprint density at radius 1 is 1.10 bits per heavy atom. The Labute approximate surface area is 168 Å². The second kappa shape index (κ2) is 8.14. The molecule has 150 valence electrons. The van der Waals surface area contributed by atoms with E-state index < -0.39 is 10.0 Å². The topological polar surface area (TPSA) is 114 Å². The molecule has 1 aliphatic carbocycles. The molecule has 0 spiro atoms. The molecule has 0 radical (unpaired) electrons. The normalized spacial score (nSPS) is 13.9. The first-order chi connectivity index (χ1) is 14.0. The summed E-state index contributed by atoms with van der Waals surface area (Å²) in [7, 11) is -3.57. The summed E-state index contributed by atoms with van der Waals surface area (Å²) in [6.45, 7) is 0. The fourth-order valence-corrected chi connectivity index (χ4v) is 4.08. The molecule has 1 saturated carbocycles. The van der Waals surface area contributed by atoms with E-state index in [2.05, 4.69) is 20.2 Å². The molecule has 29 heavy (non-hydrogen) atoms. The van der Waals surface area contributed by atoms with Crippen molar-refractivity contribution in [2.45, 2.75) is 36.6 Å². The van der Waals surface area contributed by atoms with Crippen LogP contribution in [-0.2, 0) is 21.2 Å². The number of sulfonamides is 1. The molecule has 0 bridgehead atoms. The third-order valence-corrected chi connectivity index (χ3v) is 5.91. The van der Waals surface area contributed by atoms with Gasteiger partial charge in [0.05, 0.1) is 4.90 Å². The molecular weight excluding hydrogens is 392 g/mol. The fraction of sp³-hybridized carbons (Fsp3) is 0.250. The van der Waals surface area contributed by atoms with Crippen LogP contribution in [0, 0.1) is 0 Å². The van der Waals surface area contributed by atoms with Crippen molar-refractivity contribution in [2.24, 2.45) is 0 Å². The van der Waals surface area contributed by atoms with Crippen molar-refractivity contribution >= 4 is 21.6 Å². The van der Waals surface area contributed by atoms with Gasteiger partial charge in [0.15, 0.2) is 0 Å². The number of hydrogen-bond acceptors (Lipinski definition) is 6. The first-order valence-corrected chi connectivity index (χ1v) is 10.8. The van der Waals surface area contributed by atoms with Crippen LogP contribution in [0.15, 0.2) is 64.0 Å². The smallest absolute Gasteiger partial charge is 0.240 e. The number of benzene rings is 2. The van der Waals surface area contributed by atoms with Crippen molar-refractivity contribution in [1.82, 2.24) is 14.9 Å². The number of amides is 1. The standard InChI is InChI=1S/C20H20N4O4S/c25-18(11-12-19-22-20(23-28-19)14-5-2-1-3-6-14)21-16-7-4-8-17(13-16)29(26,27)24-15-9-10-15/h1-8,13,15,24H,9-12H2,(H,21,25). The van der Waals surface area contributed by atoms with Crippen LogP contribution >= 0.6 is 0 Å². The number of aromatic nitrogens is 2. The van der Waals surface area contributed by atoms with Gasteiger partial charge in [-0.3, -0.25) is 4.79 Å². The van der Waals surface area contributed by atoms with Crippen molar-refractivity contribution in [3.05, 3.63) is 60.5 Å². The second-order valence-electron chi connectivity index (χ2n) is 6.85.